The van der Waals surface area contributed by atoms with Gasteiger partial charge in [0, 0.05) is 24.8 Å². The number of ether oxygens (including phenoxy) is 1. The van der Waals surface area contributed by atoms with Crippen LogP contribution in [-0.4, -0.2) is 51.8 Å². The average Bonchev–Trinajstić information content (AvgIpc) is 3.25. The summed E-state index contributed by atoms with van der Waals surface area (Å²) in [6.45, 7) is 4.00. The summed E-state index contributed by atoms with van der Waals surface area (Å²) in [5.74, 6) is -1.31. The van der Waals surface area contributed by atoms with Gasteiger partial charge in [-0.25, -0.2) is 4.79 Å². The molecule has 0 heterocycles. The fourth-order valence-electron chi connectivity index (χ4n) is 8.64. The first-order valence-corrected chi connectivity index (χ1v) is 15.1. The standard InChI is InChI=1S/C33H41NO8/c1-31-14-11-23(35)17-22(31)7-8-24-25(31)12-15-32(2)26(24)13-16-33(32,41)27(36)19-42-29(38)10-9-28(37)34-18-20-3-5-21(6-4-20)30(39)40/h3-6,17,24-26,41H,7-16,18-19H2,1-2H3,(H,34,37)(H,39,40)/t24-,25-,26+,31+,32+,33+/m1/s1. The Morgan fingerprint density at radius 2 is 1.67 bits per heavy atom. The third kappa shape index (κ3) is 5.32. The molecule has 5 rings (SSSR count). The molecule has 9 heteroatoms. The number of nitrogens with one attached hydrogen (secondary N) is 1. The Balaban J connectivity index is 1.11. The lowest BCUT2D eigenvalue weighted by atomic mass is 9.46. The number of Topliss-reactive ketones (excluding diaryl/α,β-unsaturated/α-hetero) is 1. The molecular weight excluding hydrogens is 538 g/mol. The van der Waals surface area contributed by atoms with E-state index in [1.807, 2.05) is 13.0 Å². The van der Waals surface area contributed by atoms with E-state index in [4.69, 9.17) is 9.84 Å². The molecule has 0 unspecified atom stereocenters. The molecule has 0 radical (unpaired) electrons. The Morgan fingerprint density at radius 3 is 2.38 bits per heavy atom. The number of amides is 1. The zero-order valence-corrected chi connectivity index (χ0v) is 24.4. The number of aromatic carboxylic acids is 1. The monoisotopic (exact) mass is 579 g/mol. The molecule has 1 aromatic carbocycles. The van der Waals surface area contributed by atoms with Crippen molar-refractivity contribution >= 4 is 29.4 Å². The summed E-state index contributed by atoms with van der Waals surface area (Å²) in [6.07, 6.45) is 7.59. The van der Waals surface area contributed by atoms with E-state index in [1.165, 1.54) is 17.7 Å². The highest BCUT2D eigenvalue weighted by Crippen LogP contribution is 2.67. The summed E-state index contributed by atoms with van der Waals surface area (Å²) in [5.41, 5.74) is 0.0103. The van der Waals surface area contributed by atoms with Crippen molar-refractivity contribution in [2.75, 3.05) is 6.61 Å². The quantitative estimate of drug-likeness (QED) is 0.370. The summed E-state index contributed by atoms with van der Waals surface area (Å²) in [6, 6.07) is 6.12. The molecule has 0 bridgehead atoms. The minimum absolute atomic E-state index is 0.00959. The van der Waals surface area contributed by atoms with Gasteiger partial charge in [-0.15, -0.1) is 0 Å². The summed E-state index contributed by atoms with van der Waals surface area (Å²) >= 11 is 0. The van der Waals surface area contributed by atoms with Gasteiger partial charge in [0.05, 0.1) is 12.0 Å². The molecule has 4 aliphatic rings. The van der Waals surface area contributed by atoms with Crippen LogP contribution in [0.25, 0.3) is 0 Å². The van der Waals surface area contributed by atoms with Crippen LogP contribution < -0.4 is 5.32 Å². The van der Waals surface area contributed by atoms with E-state index in [9.17, 15) is 29.1 Å². The summed E-state index contributed by atoms with van der Waals surface area (Å²) in [7, 11) is 0. The van der Waals surface area contributed by atoms with Crippen molar-refractivity contribution in [2.24, 2.45) is 28.6 Å². The van der Waals surface area contributed by atoms with E-state index in [-0.39, 0.29) is 48.0 Å². The first-order valence-electron chi connectivity index (χ1n) is 15.1. The highest BCUT2D eigenvalue weighted by atomic mass is 16.5. The number of aliphatic hydroxyl groups is 1. The van der Waals surface area contributed by atoms with Crippen molar-refractivity contribution in [3.63, 3.8) is 0 Å². The van der Waals surface area contributed by atoms with Crippen LogP contribution in [0.4, 0.5) is 0 Å². The van der Waals surface area contributed by atoms with Crippen LogP contribution in [0.15, 0.2) is 35.9 Å². The van der Waals surface area contributed by atoms with Gasteiger partial charge in [0.25, 0.3) is 0 Å². The number of esters is 1. The molecule has 1 aromatic rings. The molecule has 1 amide bonds. The van der Waals surface area contributed by atoms with Crippen LogP contribution in [-0.2, 0) is 30.5 Å². The fourth-order valence-corrected chi connectivity index (χ4v) is 8.64. The Hall–Kier alpha value is -3.33. The smallest absolute Gasteiger partial charge is 0.335 e. The molecule has 0 saturated heterocycles. The summed E-state index contributed by atoms with van der Waals surface area (Å²) in [5, 5.41) is 23.4. The van der Waals surface area contributed by atoms with Gasteiger partial charge in [-0.3, -0.25) is 19.2 Å². The van der Waals surface area contributed by atoms with Gasteiger partial charge < -0.3 is 20.3 Å². The lowest BCUT2D eigenvalue weighted by Crippen LogP contribution is -2.58. The maximum atomic E-state index is 13.4. The van der Waals surface area contributed by atoms with Gasteiger partial charge in [-0.1, -0.05) is 31.6 Å². The molecule has 9 nitrogen and oxygen atoms in total. The normalized spacial score (nSPS) is 33.5. The number of rotatable bonds is 9. The highest BCUT2D eigenvalue weighted by Gasteiger charge is 2.66. The molecule has 0 spiro atoms. The average molecular weight is 580 g/mol. The second kappa shape index (κ2) is 11.4. The molecule has 42 heavy (non-hydrogen) atoms. The minimum atomic E-state index is -1.56. The van der Waals surface area contributed by atoms with E-state index < -0.39 is 35.3 Å². The van der Waals surface area contributed by atoms with Crippen LogP contribution in [0, 0.1) is 28.6 Å². The number of allylic oxidation sites excluding steroid dienone is 1. The van der Waals surface area contributed by atoms with E-state index in [2.05, 4.69) is 12.2 Å². The first-order chi connectivity index (χ1) is 19.9. The van der Waals surface area contributed by atoms with Gasteiger partial charge >= 0.3 is 11.9 Å². The van der Waals surface area contributed by atoms with Crippen molar-refractivity contribution in [1.29, 1.82) is 0 Å². The van der Waals surface area contributed by atoms with Gasteiger partial charge in [0.1, 0.15) is 5.60 Å². The maximum Gasteiger partial charge on any atom is 0.335 e. The second-order valence-corrected chi connectivity index (χ2v) is 13.2. The Morgan fingerprint density at radius 1 is 0.952 bits per heavy atom. The molecule has 3 fully saturated rings. The number of fused-ring (bicyclic) bond motifs is 5. The summed E-state index contributed by atoms with van der Waals surface area (Å²) in [4.78, 5) is 61.0. The van der Waals surface area contributed by atoms with E-state index in [0.29, 0.717) is 31.1 Å². The van der Waals surface area contributed by atoms with Crippen molar-refractivity contribution in [1.82, 2.24) is 5.32 Å². The lowest BCUT2D eigenvalue weighted by molar-refractivity contribution is -0.170. The third-order valence-corrected chi connectivity index (χ3v) is 11.2. The van der Waals surface area contributed by atoms with Gasteiger partial charge in [-0.2, -0.15) is 0 Å². The molecule has 0 aliphatic heterocycles. The van der Waals surface area contributed by atoms with Crippen molar-refractivity contribution in [3.8, 4) is 0 Å². The number of ketones is 2. The van der Waals surface area contributed by atoms with Gasteiger partial charge in [0.15, 0.2) is 12.4 Å². The van der Waals surface area contributed by atoms with Gasteiger partial charge in [-0.05, 0) is 91.9 Å². The van der Waals surface area contributed by atoms with Gasteiger partial charge in [0.2, 0.25) is 11.7 Å². The Labute approximate surface area is 246 Å². The molecule has 3 N–H and O–H groups in total. The van der Waals surface area contributed by atoms with E-state index >= 15 is 0 Å². The fraction of sp³-hybridized carbons (Fsp3) is 0.606. The van der Waals surface area contributed by atoms with E-state index in [0.717, 1.165) is 37.7 Å². The number of benzene rings is 1. The number of carboxylic acids is 1. The number of hydrogen-bond acceptors (Lipinski definition) is 7. The minimum Gasteiger partial charge on any atom is -0.478 e. The van der Waals surface area contributed by atoms with Crippen LogP contribution in [0.5, 0.6) is 0 Å². The maximum absolute atomic E-state index is 13.4. The lowest BCUT2D eigenvalue weighted by Gasteiger charge is -2.58. The zero-order valence-electron chi connectivity index (χ0n) is 24.4. The Kier molecular flexibility index (Phi) is 8.18. The molecule has 6 atom stereocenters. The van der Waals surface area contributed by atoms with Crippen LogP contribution in [0.2, 0.25) is 0 Å². The Bertz CT molecular complexity index is 1320. The van der Waals surface area contributed by atoms with Crippen molar-refractivity contribution in [2.45, 2.75) is 90.2 Å². The van der Waals surface area contributed by atoms with Crippen molar-refractivity contribution in [3.05, 3.63) is 47.0 Å². The van der Waals surface area contributed by atoms with Crippen LogP contribution in [0.1, 0.15) is 94.0 Å². The molecule has 0 aromatic heterocycles. The summed E-state index contributed by atoms with van der Waals surface area (Å²) < 4.78 is 5.23. The largest absolute Gasteiger partial charge is 0.478 e. The number of carbonyl (C=O) groups is 5. The molecule has 3 saturated carbocycles. The number of carbonyl (C=O) groups excluding carboxylic acids is 4. The second-order valence-electron chi connectivity index (χ2n) is 13.2. The number of carboxylic acid groups (broad SMARTS) is 1. The number of hydrogen-bond donors (Lipinski definition) is 3. The van der Waals surface area contributed by atoms with Crippen LogP contribution >= 0.6 is 0 Å². The zero-order chi connectivity index (χ0) is 30.3. The highest BCUT2D eigenvalue weighted by molar-refractivity contribution is 5.92. The molecule has 4 aliphatic carbocycles. The molecule has 226 valence electrons. The van der Waals surface area contributed by atoms with E-state index in [1.54, 1.807) is 12.1 Å². The SMILES string of the molecule is C[C@]12CCC(=O)C=C1CC[C@@H]1[C@H]2CC[C@@]2(C)[C@H]1CC[C@]2(O)C(=O)COC(=O)CCC(=O)NCc1ccc(C(=O)O)cc1. The third-order valence-electron chi connectivity index (χ3n) is 11.2. The molecular formula is C33H41NO8. The van der Waals surface area contributed by atoms with Crippen LogP contribution in [0.3, 0.4) is 0 Å². The van der Waals surface area contributed by atoms with Crippen molar-refractivity contribution < 1.29 is 38.9 Å². The predicted molar refractivity (Wildman–Crippen MR) is 152 cm³/mol. The first kappa shape index (κ1) is 30.1. The predicted octanol–water partition coefficient (Wildman–Crippen LogP) is 4.16. The topological polar surface area (TPSA) is 147 Å².